The van der Waals surface area contributed by atoms with Gasteiger partial charge in [0.05, 0.1) is 0 Å². The molecule has 23 heavy (non-hydrogen) atoms. The first-order valence-electron chi connectivity index (χ1n) is 7.11. The maximum atomic E-state index is 12.1. The molecule has 0 saturated carbocycles. The van der Waals surface area contributed by atoms with Gasteiger partial charge < -0.3 is 19.9 Å². The third kappa shape index (κ3) is 3.42. The van der Waals surface area contributed by atoms with Gasteiger partial charge in [0.25, 0.3) is 5.91 Å². The van der Waals surface area contributed by atoms with Crippen LogP contribution in [0.25, 0.3) is 0 Å². The van der Waals surface area contributed by atoms with Crippen molar-refractivity contribution in [3.05, 3.63) is 59.7 Å². The first-order chi connectivity index (χ1) is 11.1. The van der Waals surface area contributed by atoms with Crippen LogP contribution in [0, 0.1) is 0 Å². The maximum Gasteiger partial charge on any atom is 0.326 e. The van der Waals surface area contributed by atoms with Crippen molar-refractivity contribution in [1.29, 1.82) is 0 Å². The molecule has 2 aromatic carbocycles. The molecule has 1 aliphatic heterocycles. The van der Waals surface area contributed by atoms with Gasteiger partial charge in [0.1, 0.15) is 6.04 Å². The van der Waals surface area contributed by atoms with Crippen LogP contribution in [-0.4, -0.2) is 29.8 Å². The number of carbonyl (C=O) groups excluding carboxylic acids is 1. The fourth-order valence-corrected chi connectivity index (χ4v) is 2.33. The average Bonchev–Trinajstić information content (AvgIpc) is 3.02. The van der Waals surface area contributed by atoms with Gasteiger partial charge in [-0.05, 0) is 29.8 Å². The Morgan fingerprint density at radius 2 is 1.83 bits per heavy atom. The number of nitrogens with one attached hydrogen (secondary N) is 1. The molecule has 0 aliphatic carbocycles. The number of carbonyl (C=O) groups is 2. The molecule has 2 aromatic rings. The van der Waals surface area contributed by atoms with Crippen molar-refractivity contribution in [2.24, 2.45) is 0 Å². The van der Waals surface area contributed by atoms with Crippen LogP contribution in [0.1, 0.15) is 15.9 Å². The SMILES string of the molecule is O=C(N[C@H](Cc1ccc2c(c1)OCO2)C(=O)O)c1ccccc1. The fourth-order valence-electron chi connectivity index (χ4n) is 2.33. The predicted octanol–water partition coefficient (Wildman–Crippen LogP) is 1.84. The van der Waals surface area contributed by atoms with E-state index in [1.54, 1.807) is 48.5 Å². The zero-order chi connectivity index (χ0) is 16.2. The normalized spacial score (nSPS) is 13.4. The minimum atomic E-state index is -1.09. The van der Waals surface area contributed by atoms with Gasteiger partial charge in [-0.1, -0.05) is 24.3 Å². The molecular weight excluding hydrogens is 298 g/mol. The molecule has 3 rings (SSSR count). The van der Waals surface area contributed by atoms with Gasteiger partial charge in [0, 0.05) is 12.0 Å². The molecule has 0 bridgehead atoms. The molecule has 118 valence electrons. The Morgan fingerprint density at radius 1 is 1.09 bits per heavy atom. The van der Waals surface area contributed by atoms with Crippen molar-refractivity contribution in [3.8, 4) is 11.5 Å². The lowest BCUT2D eigenvalue weighted by Crippen LogP contribution is -2.42. The maximum absolute atomic E-state index is 12.1. The molecule has 1 aliphatic rings. The van der Waals surface area contributed by atoms with E-state index >= 15 is 0 Å². The Bertz CT molecular complexity index is 729. The van der Waals surface area contributed by atoms with Crippen molar-refractivity contribution in [3.63, 3.8) is 0 Å². The number of aliphatic carboxylic acids is 1. The number of ether oxygens (including phenoxy) is 2. The molecule has 6 nitrogen and oxygen atoms in total. The third-order valence-corrected chi connectivity index (χ3v) is 3.52. The van der Waals surface area contributed by atoms with Crippen molar-refractivity contribution < 1.29 is 24.2 Å². The number of carboxylic acid groups (broad SMARTS) is 1. The summed E-state index contributed by atoms with van der Waals surface area (Å²) in [5.41, 5.74) is 1.17. The van der Waals surface area contributed by atoms with Gasteiger partial charge in [-0.2, -0.15) is 0 Å². The number of carboxylic acids is 1. The van der Waals surface area contributed by atoms with Gasteiger partial charge in [-0.15, -0.1) is 0 Å². The lowest BCUT2D eigenvalue weighted by molar-refractivity contribution is -0.139. The summed E-state index contributed by atoms with van der Waals surface area (Å²) in [4.78, 5) is 23.6. The summed E-state index contributed by atoms with van der Waals surface area (Å²) in [7, 11) is 0. The highest BCUT2D eigenvalue weighted by Crippen LogP contribution is 2.32. The smallest absolute Gasteiger partial charge is 0.326 e. The zero-order valence-corrected chi connectivity index (χ0v) is 12.2. The van der Waals surface area contributed by atoms with E-state index in [1.807, 2.05) is 0 Å². The highest BCUT2D eigenvalue weighted by Gasteiger charge is 2.22. The summed E-state index contributed by atoms with van der Waals surface area (Å²) < 4.78 is 10.5. The van der Waals surface area contributed by atoms with Crippen molar-refractivity contribution in [2.75, 3.05) is 6.79 Å². The van der Waals surface area contributed by atoms with Crippen LogP contribution < -0.4 is 14.8 Å². The van der Waals surface area contributed by atoms with Crippen LogP contribution in [0.3, 0.4) is 0 Å². The molecule has 0 spiro atoms. The molecular formula is C17H15NO5. The molecule has 1 heterocycles. The molecule has 0 saturated heterocycles. The predicted molar refractivity (Wildman–Crippen MR) is 81.6 cm³/mol. The van der Waals surface area contributed by atoms with Gasteiger partial charge in [-0.25, -0.2) is 4.79 Å². The summed E-state index contributed by atoms with van der Waals surface area (Å²) in [6, 6.07) is 12.7. The van der Waals surface area contributed by atoms with Gasteiger partial charge in [0.15, 0.2) is 11.5 Å². The molecule has 1 amide bonds. The fraction of sp³-hybridized carbons (Fsp3) is 0.176. The molecule has 6 heteroatoms. The number of amides is 1. The summed E-state index contributed by atoms with van der Waals surface area (Å²) in [6.07, 6.45) is 0.157. The van der Waals surface area contributed by atoms with Gasteiger partial charge in [0.2, 0.25) is 6.79 Å². The molecule has 2 N–H and O–H groups in total. The Labute approximate surface area is 132 Å². The molecule has 0 radical (unpaired) electrons. The van der Waals surface area contributed by atoms with Crippen LogP contribution in [-0.2, 0) is 11.2 Å². The monoisotopic (exact) mass is 313 g/mol. The molecule has 1 atom stereocenters. The summed E-state index contributed by atoms with van der Waals surface area (Å²) >= 11 is 0. The zero-order valence-electron chi connectivity index (χ0n) is 12.2. The van der Waals surface area contributed by atoms with E-state index in [1.165, 1.54) is 0 Å². The molecule has 0 fully saturated rings. The van der Waals surface area contributed by atoms with Crippen molar-refractivity contribution >= 4 is 11.9 Å². The number of benzene rings is 2. The summed E-state index contributed by atoms with van der Waals surface area (Å²) in [5.74, 6) is -0.291. The lowest BCUT2D eigenvalue weighted by atomic mass is 10.0. The summed E-state index contributed by atoms with van der Waals surface area (Å²) in [6.45, 7) is 0.159. The molecule has 0 aromatic heterocycles. The van der Waals surface area contributed by atoms with Crippen LogP contribution >= 0.6 is 0 Å². The molecule has 0 unspecified atom stereocenters. The largest absolute Gasteiger partial charge is 0.480 e. The minimum absolute atomic E-state index is 0.157. The van der Waals surface area contributed by atoms with E-state index in [0.717, 1.165) is 5.56 Å². The minimum Gasteiger partial charge on any atom is -0.480 e. The van der Waals surface area contributed by atoms with E-state index in [9.17, 15) is 14.7 Å². The van der Waals surface area contributed by atoms with E-state index in [0.29, 0.717) is 17.1 Å². The number of rotatable bonds is 5. The van der Waals surface area contributed by atoms with Crippen LogP contribution in [0.4, 0.5) is 0 Å². The Hall–Kier alpha value is -3.02. The van der Waals surface area contributed by atoms with E-state index in [-0.39, 0.29) is 13.2 Å². The number of hydrogen-bond acceptors (Lipinski definition) is 4. The summed E-state index contributed by atoms with van der Waals surface area (Å²) in [5, 5.41) is 11.9. The van der Waals surface area contributed by atoms with Crippen molar-refractivity contribution in [2.45, 2.75) is 12.5 Å². The second kappa shape index (κ2) is 6.39. The second-order valence-corrected chi connectivity index (χ2v) is 5.12. The van der Waals surface area contributed by atoms with E-state index in [2.05, 4.69) is 5.32 Å². The number of fused-ring (bicyclic) bond motifs is 1. The van der Waals surface area contributed by atoms with E-state index in [4.69, 9.17) is 9.47 Å². The quantitative estimate of drug-likeness (QED) is 0.880. The Balaban J connectivity index is 1.72. The van der Waals surface area contributed by atoms with E-state index < -0.39 is 17.9 Å². The topological polar surface area (TPSA) is 84.9 Å². The highest BCUT2D eigenvalue weighted by molar-refractivity contribution is 5.96. The van der Waals surface area contributed by atoms with Crippen molar-refractivity contribution in [1.82, 2.24) is 5.32 Å². The van der Waals surface area contributed by atoms with Crippen LogP contribution in [0.2, 0.25) is 0 Å². The standard InChI is InChI=1S/C17H15NO5/c19-16(12-4-2-1-3-5-12)18-13(17(20)21)8-11-6-7-14-15(9-11)23-10-22-14/h1-7,9,13H,8,10H2,(H,18,19)(H,20,21)/t13-/m1/s1. The Kier molecular flexibility index (Phi) is 4.14. The van der Waals surface area contributed by atoms with Gasteiger partial charge >= 0.3 is 5.97 Å². The highest BCUT2D eigenvalue weighted by atomic mass is 16.7. The number of hydrogen-bond donors (Lipinski definition) is 2. The first-order valence-corrected chi connectivity index (χ1v) is 7.11. The average molecular weight is 313 g/mol. The van der Waals surface area contributed by atoms with Gasteiger partial charge in [-0.3, -0.25) is 4.79 Å². The lowest BCUT2D eigenvalue weighted by Gasteiger charge is -2.15. The third-order valence-electron chi connectivity index (χ3n) is 3.52. The van der Waals surface area contributed by atoms with Crippen LogP contribution in [0.5, 0.6) is 11.5 Å². The first kappa shape index (κ1) is 14.9. The van der Waals surface area contributed by atoms with Crippen LogP contribution in [0.15, 0.2) is 48.5 Å². The Morgan fingerprint density at radius 3 is 2.57 bits per heavy atom. The second-order valence-electron chi connectivity index (χ2n) is 5.12.